The summed E-state index contributed by atoms with van der Waals surface area (Å²) in [5.41, 5.74) is -0.765. The van der Waals surface area contributed by atoms with Crippen LogP contribution < -0.4 is 0 Å². The van der Waals surface area contributed by atoms with Crippen LogP contribution in [0.4, 0.5) is 5.82 Å². The van der Waals surface area contributed by atoms with E-state index in [2.05, 4.69) is 0 Å². The first kappa shape index (κ1) is 14.0. The molecule has 1 aromatic heterocycles. The molecule has 1 aliphatic heterocycles. The van der Waals surface area contributed by atoms with Crippen molar-refractivity contribution in [1.82, 2.24) is 9.47 Å². The highest BCUT2D eigenvalue weighted by Gasteiger charge is 2.43. The molecule has 0 bridgehead atoms. The van der Waals surface area contributed by atoms with E-state index in [0.29, 0.717) is 13.0 Å². The molecule has 108 valence electrons. The van der Waals surface area contributed by atoms with Gasteiger partial charge in [0.25, 0.3) is 5.91 Å². The van der Waals surface area contributed by atoms with E-state index >= 15 is 0 Å². The average Bonchev–Trinajstić information content (AvgIpc) is 2.93. The molecule has 20 heavy (non-hydrogen) atoms. The Morgan fingerprint density at radius 1 is 1.45 bits per heavy atom. The number of nitro groups is 1. The van der Waals surface area contributed by atoms with Crippen molar-refractivity contribution in [3.05, 3.63) is 27.9 Å². The first-order valence-corrected chi connectivity index (χ1v) is 6.09. The van der Waals surface area contributed by atoms with Crippen molar-refractivity contribution >= 4 is 17.7 Å². The van der Waals surface area contributed by atoms with Gasteiger partial charge in [-0.15, -0.1) is 0 Å². The Morgan fingerprint density at radius 3 is 2.55 bits per heavy atom. The molecular formula is C12H15N3O5. The molecular weight excluding hydrogens is 266 g/mol. The molecule has 1 aliphatic rings. The van der Waals surface area contributed by atoms with Gasteiger partial charge in [0.15, 0.2) is 5.69 Å². The summed E-state index contributed by atoms with van der Waals surface area (Å²) in [5, 5.41) is 19.9. The Labute approximate surface area is 114 Å². The minimum absolute atomic E-state index is 0.111. The number of nitrogens with zero attached hydrogens (tertiary/aromatic N) is 3. The van der Waals surface area contributed by atoms with Crippen LogP contribution in [-0.4, -0.2) is 44.5 Å². The molecule has 1 N–H and O–H groups in total. The zero-order chi connectivity index (χ0) is 15.1. The van der Waals surface area contributed by atoms with E-state index in [0.717, 1.165) is 0 Å². The fourth-order valence-electron chi connectivity index (χ4n) is 2.37. The second-order valence-corrected chi connectivity index (χ2v) is 5.24. The number of carboxylic acid groups (broad SMARTS) is 1. The highest BCUT2D eigenvalue weighted by atomic mass is 16.6. The van der Waals surface area contributed by atoms with Crippen LogP contribution in [0.15, 0.2) is 12.1 Å². The second-order valence-electron chi connectivity index (χ2n) is 5.24. The largest absolute Gasteiger partial charge is 0.481 e. The lowest BCUT2D eigenvalue weighted by atomic mass is 9.90. The van der Waals surface area contributed by atoms with Crippen LogP contribution in [-0.2, 0) is 11.8 Å². The van der Waals surface area contributed by atoms with E-state index in [4.69, 9.17) is 5.11 Å². The van der Waals surface area contributed by atoms with E-state index in [1.54, 1.807) is 6.92 Å². The van der Waals surface area contributed by atoms with Crippen LogP contribution in [0.5, 0.6) is 0 Å². The first-order valence-electron chi connectivity index (χ1n) is 6.09. The molecule has 0 aromatic carbocycles. The Bertz CT molecular complexity index is 594. The number of rotatable bonds is 3. The molecule has 8 heteroatoms. The molecule has 1 saturated heterocycles. The fraction of sp³-hybridized carbons (Fsp3) is 0.500. The van der Waals surface area contributed by atoms with Gasteiger partial charge < -0.3 is 20.1 Å². The van der Waals surface area contributed by atoms with Gasteiger partial charge >= 0.3 is 11.8 Å². The minimum atomic E-state index is -0.952. The van der Waals surface area contributed by atoms with E-state index < -0.39 is 16.3 Å². The van der Waals surface area contributed by atoms with Crippen LogP contribution in [0.3, 0.4) is 0 Å². The predicted molar refractivity (Wildman–Crippen MR) is 68.3 cm³/mol. The van der Waals surface area contributed by atoms with Gasteiger partial charge in [-0.1, -0.05) is 0 Å². The third-order valence-corrected chi connectivity index (χ3v) is 3.78. The van der Waals surface area contributed by atoms with Crippen molar-refractivity contribution in [2.45, 2.75) is 13.3 Å². The van der Waals surface area contributed by atoms with Gasteiger partial charge in [0.1, 0.15) is 0 Å². The summed E-state index contributed by atoms with van der Waals surface area (Å²) >= 11 is 0. The van der Waals surface area contributed by atoms with E-state index in [1.807, 2.05) is 0 Å². The molecule has 0 radical (unpaired) electrons. The Balaban J connectivity index is 2.22. The standard InChI is InChI=1S/C12H15N3O5/c1-12(11(17)18)5-6-14(7-12)10(16)8-3-4-9(13(8)2)15(19)20/h3-4H,5-7H2,1-2H3,(H,17,18). The maximum atomic E-state index is 12.3. The number of carbonyl (C=O) groups is 2. The number of likely N-dealkylation sites (tertiary alicyclic amines) is 1. The quantitative estimate of drug-likeness (QED) is 0.653. The lowest BCUT2D eigenvalue weighted by molar-refractivity contribution is -0.391. The van der Waals surface area contributed by atoms with Gasteiger partial charge in [-0.25, -0.2) is 4.57 Å². The topological polar surface area (TPSA) is 106 Å². The minimum Gasteiger partial charge on any atom is -0.481 e. The van der Waals surface area contributed by atoms with Crippen molar-refractivity contribution in [2.75, 3.05) is 13.1 Å². The van der Waals surface area contributed by atoms with Gasteiger partial charge in [-0.3, -0.25) is 9.59 Å². The number of amides is 1. The van der Waals surface area contributed by atoms with E-state index in [1.165, 1.54) is 28.6 Å². The summed E-state index contributed by atoms with van der Waals surface area (Å²) in [5.74, 6) is -1.50. The third-order valence-electron chi connectivity index (χ3n) is 3.78. The summed E-state index contributed by atoms with van der Waals surface area (Å²) in [6.45, 7) is 2.04. The normalized spacial score (nSPS) is 22.0. The van der Waals surface area contributed by atoms with Crippen molar-refractivity contribution in [1.29, 1.82) is 0 Å². The molecule has 1 amide bonds. The maximum Gasteiger partial charge on any atom is 0.323 e. The molecule has 0 aliphatic carbocycles. The summed E-state index contributed by atoms with van der Waals surface area (Å²) in [6.07, 6.45) is 0.376. The summed E-state index contributed by atoms with van der Waals surface area (Å²) in [7, 11) is 1.44. The number of aliphatic carboxylic acids is 1. The number of hydrogen-bond donors (Lipinski definition) is 1. The van der Waals surface area contributed by atoms with Crippen LogP contribution in [0.25, 0.3) is 0 Å². The van der Waals surface area contributed by atoms with Crippen molar-refractivity contribution in [3.63, 3.8) is 0 Å². The maximum absolute atomic E-state index is 12.3. The van der Waals surface area contributed by atoms with Crippen LogP contribution >= 0.6 is 0 Å². The van der Waals surface area contributed by atoms with Crippen molar-refractivity contribution < 1.29 is 19.6 Å². The Hall–Kier alpha value is -2.38. The molecule has 1 aromatic rings. The monoisotopic (exact) mass is 281 g/mol. The van der Waals surface area contributed by atoms with Gasteiger partial charge in [0, 0.05) is 19.2 Å². The highest BCUT2D eigenvalue weighted by molar-refractivity contribution is 5.94. The van der Waals surface area contributed by atoms with Crippen LogP contribution in [0.1, 0.15) is 23.8 Å². The molecule has 0 spiro atoms. The van der Waals surface area contributed by atoms with Crippen LogP contribution in [0.2, 0.25) is 0 Å². The molecule has 8 nitrogen and oxygen atoms in total. The summed E-state index contributed by atoms with van der Waals surface area (Å²) in [6, 6.07) is 2.65. The SMILES string of the molecule is Cn1c(C(=O)N2CCC(C)(C(=O)O)C2)ccc1[N+](=O)[O-]. The number of hydrogen-bond acceptors (Lipinski definition) is 4. The lowest BCUT2D eigenvalue weighted by Crippen LogP contribution is -2.35. The average molecular weight is 281 g/mol. The molecule has 2 heterocycles. The van der Waals surface area contributed by atoms with Crippen LogP contribution in [0, 0.1) is 15.5 Å². The summed E-state index contributed by atoms with van der Waals surface area (Å²) < 4.78 is 1.21. The second kappa shape index (κ2) is 4.62. The molecule has 1 fully saturated rings. The van der Waals surface area contributed by atoms with Gasteiger partial charge in [-0.2, -0.15) is 0 Å². The molecule has 1 atom stereocenters. The number of carbonyl (C=O) groups excluding carboxylic acids is 1. The molecule has 0 saturated carbocycles. The highest BCUT2D eigenvalue weighted by Crippen LogP contribution is 2.31. The molecule has 2 rings (SSSR count). The Morgan fingerprint density at radius 2 is 2.10 bits per heavy atom. The molecule has 1 unspecified atom stereocenters. The lowest BCUT2D eigenvalue weighted by Gasteiger charge is -2.19. The van der Waals surface area contributed by atoms with E-state index in [-0.39, 0.29) is 24.0 Å². The van der Waals surface area contributed by atoms with E-state index in [9.17, 15) is 19.7 Å². The smallest absolute Gasteiger partial charge is 0.323 e. The zero-order valence-corrected chi connectivity index (χ0v) is 11.2. The zero-order valence-electron chi connectivity index (χ0n) is 11.2. The number of carboxylic acids is 1. The predicted octanol–water partition coefficient (Wildman–Crippen LogP) is 0.870. The van der Waals surface area contributed by atoms with Gasteiger partial charge in [-0.05, 0) is 24.3 Å². The first-order chi connectivity index (χ1) is 9.26. The van der Waals surface area contributed by atoms with Crippen molar-refractivity contribution in [2.24, 2.45) is 12.5 Å². The third kappa shape index (κ3) is 2.13. The van der Waals surface area contributed by atoms with Gasteiger partial charge in [0.05, 0.1) is 12.5 Å². The number of aromatic nitrogens is 1. The fourth-order valence-corrected chi connectivity index (χ4v) is 2.37. The van der Waals surface area contributed by atoms with Gasteiger partial charge in [0.2, 0.25) is 0 Å². The summed E-state index contributed by atoms with van der Waals surface area (Å²) in [4.78, 5) is 35.1. The van der Waals surface area contributed by atoms with Crippen molar-refractivity contribution in [3.8, 4) is 0 Å². The Kier molecular flexibility index (Phi) is 3.24.